The van der Waals surface area contributed by atoms with Crippen LogP contribution >= 0.6 is 0 Å². The molecular weight excluding hydrogens is 529 g/mol. The summed E-state index contributed by atoms with van der Waals surface area (Å²) in [5.74, 6) is 0. The predicted octanol–water partition coefficient (Wildman–Crippen LogP) is 7.61. The topological polar surface area (TPSA) is 66.4 Å². The van der Waals surface area contributed by atoms with Gasteiger partial charge in [-0.15, -0.1) is 0 Å². The Balaban J connectivity index is 1.53. The lowest BCUT2D eigenvalue weighted by atomic mass is 9.68. The summed E-state index contributed by atoms with van der Waals surface area (Å²) in [6.07, 6.45) is 0. The molecule has 4 nitrogen and oxygen atoms in total. The van der Waals surface area contributed by atoms with Crippen molar-refractivity contribution in [3.05, 3.63) is 125 Å². The Labute approximate surface area is 251 Å². The van der Waals surface area contributed by atoms with E-state index in [0.717, 1.165) is 55.2 Å². The zero-order valence-corrected chi connectivity index (χ0v) is 24.5. The minimum Gasteiger partial charge on any atom is -0.457 e. The fourth-order valence-electron chi connectivity index (χ4n) is 7.05. The smallest absolute Gasteiger partial charge is 0.334 e. The minimum absolute atomic E-state index is 0.633. The normalized spacial score (nSPS) is 16.7. The first-order valence-corrected chi connectivity index (χ1v) is 14.6. The molecule has 5 heteroatoms. The highest BCUT2D eigenvalue weighted by molar-refractivity contribution is 6.52. The Bertz CT molecular complexity index is 2180. The molecule has 0 fully saturated rings. The quantitative estimate of drug-likeness (QED) is 0.226. The van der Waals surface area contributed by atoms with Gasteiger partial charge in [0, 0.05) is 10.8 Å². The average Bonchev–Trinajstić information content (AvgIpc) is 3.63. The number of para-hydroxylation sites is 1. The summed E-state index contributed by atoms with van der Waals surface area (Å²) in [5, 5.41) is 22.9. The molecule has 6 aromatic rings. The number of rotatable bonds is 4. The first-order chi connectivity index (χ1) is 20.7. The SMILES string of the molecule is CC(C)(O)C(C)(C)O[B]c1cc2c(c3c1oc1ccccc13)-c1ccccc1C21c2ccccc2-c2ccc(C#N)cc21. The third-order valence-corrected chi connectivity index (χ3v) is 9.81. The lowest BCUT2D eigenvalue weighted by molar-refractivity contribution is -0.0893. The van der Waals surface area contributed by atoms with Gasteiger partial charge in [0.15, 0.2) is 0 Å². The van der Waals surface area contributed by atoms with E-state index in [1.807, 2.05) is 38.1 Å². The first-order valence-electron chi connectivity index (χ1n) is 14.6. The van der Waals surface area contributed by atoms with Crippen molar-refractivity contribution in [2.24, 2.45) is 0 Å². The summed E-state index contributed by atoms with van der Waals surface area (Å²) in [7, 11) is 1.74. The molecule has 0 saturated heterocycles. The molecule has 0 aliphatic heterocycles. The van der Waals surface area contributed by atoms with Crippen molar-refractivity contribution in [2.45, 2.75) is 44.3 Å². The highest BCUT2D eigenvalue weighted by atomic mass is 16.5. The maximum Gasteiger partial charge on any atom is 0.334 e. The molecule has 0 saturated carbocycles. The average molecular weight is 558 g/mol. The van der Waals surface area contributed by atoms with Crippen LogP contribution in [0.2, 0.25) is 0 Å². The maximum atomic E-state index is 10.9. The Morgan fingerprint density at radius 3 is 2.16 bits per heavy atom. The van der Waals surface area contributed by atoms with Crippen molar-refractivity contribution in [3.63, 3.8) is 0 Å². The molecule has 0 bridgehead atoms. The van der Waals surface area contributed by atoms with E-state index in [9.17, 15) is 10.4 Å². The molecule has 1 radical (unpaired) electrons. The lowest BCUT2D eigenvalue weighted by Crippen LogP contribution is -2.49. The van der Waals surface area contributed by atoms with E-state index in [-0.39, 0.29) is 0 Å². The Hall–Kier alpha value is -4.63. The fraction of sp³-hybridized carbons (Fsp3) is 0.184. The van der Waals surface area contributed by atoms with Crippen LogP contribution < -0.4 is 5.46 Å². The second-order valence-corrected chi connectivity index (χ2v) is 12.7. The van der Waals surface area contributed by atoms with Crippen molar-refractivity contribution < 1.29 is 14.2 Å². The number of aliphatic hydroxyl groups is 1. The van der Waals surface area contributed by atoms with Gasteiger partial charge in [-0.2, -0.15) is 5.26 Å². The number of nitriles is 1. The van der Waals surface area contributed by atoms with Crippen molar-refractivity contribution in [2.75, 3.05) is 0 Å². The van der Waals surface area contributed by atoms with Crippen LogP contribution in [0.15, 0.2) is 101 Å². The van der Waals surface area contributed by atoms with Gasteiger partial charge in [-0.25, -0.2) is 0 Å². The van der Waals surface area contributed by atoms with Crippen LogP contribution in [-0.2, 0) is 10.1 Å². The van der Waals surface area contributed by atoms with Gasteiger partial charge in [0.25, 0.3) is 0 Å². The van der Waals surface area contributed by atoms with Crippen LogP contribution in [0.3, 0.4) is 0 Å². The second kappa shape index (κ2) is 8.70. The first kappa shape index (κ1) is 26.0. The number of nitrogens with zero attached hydrogens (tertiary/aromatic N) is 1. The zero-order valence-electron chi connectivity index (χ0n) is 24.5. The van der Waals surface area contributed by atoms with E-state index in [1.54, 1.807) is 21.3 Å². The maximum absolute atomic E-state index is 10.9. The van der Waals surface area contributed by atoms with Crippen LogP contribution in [-0.4, -0.2) is 23.8 Å². The van der Waals surface area contributed by atoms with Gasteiger partial charge in [-0.05, 0) is 95.9 Å². The fourth-order valence-corrected chi connectivity index (χ4v) is 7.05. The third-order valence-electron chi connectivity index (χ3n) is 9.81. The molecule has 1 heterocycles. The predicted molar refractivity (Wildman–Crippen MR) is 172 cm³/mol. The number of benzene rings is 5. The summed E-state index contributed by atoms with van der Waals surface area (Å²) in [6.45, 7) is 7.28. The molecule has 1 unspecified atom stereocenters. The molecule has 2 aliphatic carbocycles. The van der Waals surface area contributed by atoms with Crippen molar-refractivity contribution in [3.8, 4) is 28.3 Å². The summed E-state index contributed by atoms with van der Waals surface area (Å²) in [5.41, 5.74) is 9.64. The molecule has 1 aromatic heterocycles. The monoisotopic (exact) mass is 558 g/mol. The van der Waals surface area contributed by atoms with Crippen LogP contribution in [0.5, 0.6) is 0 Å². The lowest BCUT2D eigenvalue weighted by Gasteiger charge is -2.37. The molecule has 1 spiro atoms. The summed E-state index contributed by atoms with van der Waals surface area (Å²) >= 11 is 0. The van der Waals surface area contributed by atoms with Gasteiger partial charge in [-0.3, -0.25) is 0 Å². The summed E-state index contributed by atoms with van der Waals surface area (Å²) in [6, 6.07) is 36.0. The van der Waals surface area contributed by atoms with Crippen molar-refractivity contribution >= 4 is 34.9 Å². The Kier molecular flexibility index (Phi) is 5.27. The number of hydrogen-bond acceptors (Lipinski definition) is 4. The molecular formula is C38H29BNO3. The highest BCUT2D eigenvalue weighted by Crippen LogP contribution is 2.64. The molecule has 207 valence electrons. The second-order valence-electron chi connectivity index (χ2n) is 12.7. The van der Waals surface area contributed by atoms with E-state index in [2.05, 4.69) is 78.9 Å². The summed E-state index contributed by atoms with van der Waals surface area (Å²) < 4.78 is 13.0. The van der Waals surface area contributed by atoms with Crippen LogP contribution in [0.1, 0.15) is 55.5 Å². The van der Waals surface area contributed by atoms with Crippen LogP contribution in [0.4, 0.5) is 0 Å². The minimum atomic E-state index is -1.08. The molecule has 43 heavy (non-hydrogen) atoms. The largest absolute Gasteiger partial charge is 0.457 e. The van der Waals surface area contributed by atoms with Crippen molar-refractivity contribution in [1.29, 1.82) is 5.26 Å². The molecule has 2 aliphatic rings. The number of furan rings is 1. The van der Waals surface area contributed by atoms with Gasteiger partial charge in [0.05, 0.1) is 28.2 Å². The summed E-state index contributed by atoms with van der Waals surface area (Å²) in [4.78, 5) is 0. The standard InChI is InChI=1S/C38H29BNO3/c1-36(2,41)37(3,4)43-39-31-20-30-33(34-26-13-7-10-16-32(26)42-35(31)34)25-12-6-9-15-28(25)38(30)27-14-8-5-11-23(27)24-18-17-22(21-40)19-29(24)38/h5-20,41H,1-4H3. The van der Waals surface area contributed by atoms with Crippen LogP contribution in [0.25, 0.3) is 44.2 Å². The number of hydrogen-bond donors (Lipinski definition) is 1. The third kappa shape index (κ3) is 3.34. The molecule has 0 amide bonds. The zero-order chi connectivity index (χ0) is 29.7. The van der Waals surface area contributed by atoms with Gasteiger partial charge >= 0.3 is 7.48 Å². The van der Waals surface area contributed by atoms with E-state index in [1.165, 1.54) is 16.7 Å². The molecule has 1 N–H and O–H groups in total. The molecule has 5 aromatic carbocycles. The van der Waals surface area contributed by atoms with Crippen LogP contribution in [0, 0.1) is 11.3 Å². The van der Waals surface area contributed by atoms with Gasteiger partial charge < -0.3 is 14.2 Å². The Morgan fingerprint density at radius 2 is 1.42 bits per heavy atom. The highest BCUT2D eigenvalue weighted by Gasteiger charge is 2.52. The molecule has 1 atom stereocenters. The van der Waals surface area contributed by atoms with E-state index in [4.69, 9.17) is 9.07 Å². The molecule has 8 rings (SSSR count). The van der Waals surface area contributed by atoms with Gasteiger partial charge in [0.2, 0.25) is 0 Å². The van der Waals surface area contributed by atoms with Gasteiger partial charge in [0.1, 0.15) is 11.2 Å². The Morgan fingerprint density at radius 1 is 0.767 bits per heavy atom. The van der Waals surface area contributed by atoms with Gasteiger partial charge in [-0.1, -0.05) is 78.9 Å². The van der Waals surface area contributed by atoms with Crippen molar-refractivity contribution in [1.82, 2.24) is 0 Å². The van der Waals surface area contributed by atoms with E-state index >= 15 is 0 Å². The van der Waals surface area contributed by atoms with E-state index < -0.39 is 16.6 Å². The number of fused-ring (bicyclic) bond motifs is 14. The van der Waals surface area contributed by atoms with E-state index in [0.29, 0.717) is 5.56 Å².